The Labute approximate surface area is 135 Å². The SMILES string of the molecule is Cc1cc(C(Br)C2CCCc3ccccc32)sc1Br. The molecule has 2 unspecified atom stereocenters. The van der Waals surface area contributed by atoms with E-state index in [-0.39, 0.29) is 0 Å². The van der Waals surface area contributed by atoms with Gasteiger partial charge in [0.2, 0.25) is 0 Å². The first-order valence-electron chi connectivity index (χ1n) is 6.64. The predicted octanol–water partition coefficient (Wildman–Crippen LogP) is 6.38. The second-order valence-electron chi connectivity index (χ2n) is 5.20. The van der Waals surface area contributed by atoms with Gasteiger partial charge in [0, 0.05) is 10.8 Å². The van der Waals surface area contributed by atoms with Crippen LogP contribution in [0.4, 0.5) is 0 Å². The zero-order valence-electron chi connectivity index (χ0n) is 10.8. The Hall–Kier alpha value is -0.120. The van der Waals surface area contributed by atoms with E-state index < -0.39 is 0 Å². The molecule has 0 amide bonds. The molecule has 2 atom stereocenters. The topological polar surface area (TPSA) is 0 Å². The van der Waals surface area contributed by atoms with Crippen molar-refractivity contribution in [2.45, 2.75) is 36.9 Å². The molecule has 0 aliphatic heterocycles. The molecular weight excluding hydrogens is 384 g/mol. The molecule has 3 rings (SSSR count). The minimum absolute atomic E-state index is 0.434. The number of rotatable bonds is 2. The average molecular weight is 400 g/mol. The summed E-state index contributed by atoms with van der Waals surface area (Å²) in [5.41, 5.74) is 4.42. The first-order valence-corrected chi connectivity index (χ1v) is 9.17. The van der Waals surface area contributed by atoms with Gasteiger partial charge in [0.05, 0.1) is 8.61 Å². The van der Waals surface area contributed by atoms with Gasteiger partial charge in [0.25, 0.3) is 0 Å². The lowest BCUT2D eigenvalue weighted by Gasteiger charge is -2.28. The molecule has 0 radical (unpaired) electrons. The van der Waals surface area contributed by atoms with Crippen molar-refractivity contribution in [2.75, 3.05) is 0 Å². The lowest BCUT2D eigenvalue weighted by atomic mass is 9.81. The van der Waals surface area contributed by atoms with E-state index in [1.165, 1.54) is 44.6 Å². The van der Waals surface area contributed by atoms with Gasteiger partial charge in [-0.05, 0) is 64.9 Å². The van der Waals surface area contributed by atoms with E-state index in [0.717, 1.165) is 0 Å². The number of thiophene rings is 1. The van der Waals surface area contributed by atoms with Gasteiger partial charge in [0.15, 0.2) is 0 Å². The molecule has 0 saturated heterocycles. The normalized spacial score (nSPS) is 20.1. The van der Waals surface area contributed by atoms with Gasteiger partial charge in [-0.15, -0.1) is 11.3 Å². The van der Waals surface area contributed by atoms with E-state index in [1.54, 1.807) is 0 Å². The molecule has 0 N–H and O–H groups in total. The van der Waals surface area contributed by atoms with Crippen LogP contribution in [0.1, 0.15) is 45.2 Å². The van der Waals surface area contributed by atoms with Crippen molar-refractivity contribution >= 4 is 43.2 Å². The third-order valence-corrected chi connectivity index (χ3v) is 7.57. The third kappa shape index (κ3) is 2.70. The lowest BCUT2D eigenvalue weighted by molar-refractivity contribution is 0.550. The Morgan fingerprint density at radius 2 is 2.11 bits per heavy atom. The molecule has 1 aliphatic rings. The fraction of sp³-hybridized carbons (Fsp3) is 0.375. The van der Waals surface area contributed by atoms with Crippen molar-refractivity contribution < 1.29 is 0 Å². The van der Waals surface area contributed by atoms with Crippen molar-refractivity contribution in [1.82, 2.24) is 0 Å². The van der Waals surface area contributed by atoms with E-state index >= 15 is 0 Å². The van der Waals surface area contributed by atoms with Crippen molar-refractivity contribution in [3.05, 3.63) is 55.7 Å². The molecule has 0 fully saturated rings. The zero-order chi connectivity index (χ0) is 13.4. The maximum atomic E-state index is 3.95. The first-order chi connectivity index (χ1) is 9.16. The van der Waals surface area contributed by atoms with Crippen LogP contribution in [0.3, 0.4) is 0 Å². The Kier molecular flexibility index (Phi) is 4.16. The molecule has 19 heavy (non-hydrogen) atoms. The summed E-state index contributed by atoms with van der Waals surface area (Å²) in [5.74, 6) is 0.606. The Bertz CT molecular complexity index is 569. The molecule has 3 heteroatoms. The number of aryl methyl sites for hydroxylation is 2. The number of benzene rings is 1. The smallest absolute Gasteiger partial charge is 0.0730 e. The lowest BCUT2D eigenvalue weighted by Crippen LogP contribution is -2.13. The van der Waals surface area contributed by atoms with Gasteiger partial charge < -0.3 is 0 Å². The zero-order valence-corrected chi connectivity index (χ0v) is 14.8. The highest BCUT2D eigenvalue weighted by atomic mass is 79.9. The molecule has 0 spiro atoms. The van der Waals surface area contributed by atoms with Crippen molar-refractivity contribution in [3.8, 4) is 0 Å². The molecule has 2 aromatic rings. The largest absolute Gasteiger partial charge is 0.132 e. The molecule has 1 aromatic heterocycles. The summed E-state index contributed by atoms with van der Waals surface area (Å²) in [6.07, 6.45) is 3.82. The van der Waals surface area contributed by atoms with Gasteiger partial charge in [-0.1, -0.05) is 40.2 Å². The summed E-state index contributed by atoms with van der Waals surface area (Å²) in [7, 11) is 0. The summed E-state index contributed by atoms with van der Waals surface area (Å²) < 4.78 is 1.26. The van der Waals surface area contributed by atoms with Crippen LogP contribution in [0.25, 0.3) is 0 Å². The highest BCUT2D eigenvalue weighted by Crippen LogP contribution is 2.47. The standard InChI is InChI=1S/C16H16Br2S/c1-10-9-14(19-16(10)18)15(17)13-8-4-6-11-5-2-3-7-12(11)13/h2-3,5,7,9,13,15H,4,6,8H2,1H3. The van der Waals surface area contributed by atoms with Crippen molar-refractivity contribution in [1.29, 1.82) is 0 Å². The fourth-order valence-corrected chi connectivity index (χ4v) is 5.49. The Morgan fingerprint density at radius 3 is 2.84 bits per heavy atom. The Morgan fingerprint density at radius 1 is 1.32 bits per heavy atom. The summed E-state index contributed by atoms with van der Waals surface area (Å²) in [6.45, 7) is 2.17. The highest BCUT2D eigenvalue weighted by molar-refractivity contribution is 9.11. The molecule has 1 aromatic carbocycles. The molecular formula is C16H16Br2S. The van der Waals surface area contributed by atoms with Crippen LogP contribution in [0.2, 0.25) is 0 Å². The van der Waals surface area contributed by atoms with Crippen LogP contribution in [-0.2, 0) is 6.42 Å². The van der Waals surface area contributed by atoms with Gasteiger partial charge in [-0.3, -0.25) is 0 Å². The van der Waals surface area contributed by atoms with E-state index in [1.807, 2.05) is 11.3 Å². The maximum absolute atomic E-state index is 3.95. The van der Waals surface area contributed by atoms with Crippen LogP contribution in [0, 0.1) is 6.92 Å². The third-order valence-electron chi connectivity index (χ3n) is 3.92. The van der Waals surface area contributed by atoms with Crippen LogP contribution >= 0.6 is 43.2 Å². The number of alkyl halides is 1. The number of hydrogen-bond acceptors (Lipinski definition) is 1. The summed E-state index contributed by atoms with van der Waals surface area (Å²) in [4.78, 5) is 1.87. The fourth-order valence-electron chi connectivity index (χ4n) is 2.91. The van der Waals surface area contributed by atoms with Crippen LogP contribution in [0.15, 0.2) is 34.1 Å². The minimum Gasteiger partial charge on any atom is -0.132 e. The van der Waals surface area contributed by atoms with Crippen LogP contribution in [-0.4, -0.2) is 0 Å². The number of halogens is 2. The van der Waals surface area contributed by atoms with E-state index in [2.05, 4.69) is 69.1 Å². The van der Waals surface area contributed by atoms with Gasteiger partial charge in [-0.25, -0.2) is 0 Å². The molecule has 0 nitrogen and oxygen atoms in total. The minimum atomic E-state index is 0.434. The first kappa shape index (κ1) is 13.8. The summed E-state index contributed by atoms with van der Waals surface area (Å²) in [5, 5.41) is 0. The van der Waals surface area contributed by atoms with E-state index in [9.17, 15) is 0 Å². The van der Waals surface area contributed by atoms with Gasteiger partial charge in [-0.2, -0.15) is 0 Å². The second-order valence-corrected chi connectivity index (χ2v) is 8.59. The number of hydrogen-bond donors (Lipinski definition) is 0. The van der Waals surface area contributed by atoms with Crippen molar-refractivity contribution in [2.24, 2.45) is 0 Å². The van der Waals surface area contributed by atoms with Crippen molar-refractivity contribution in [3.63, 3.8) is 0 Å². The Balaban J connectivity index is 1.95. The predicted molar refractivity (Wildman–Crippen MR) is 90.5 cm³/mol. The number of fused-ring (bicyclic) bond motifs is 1. The van der Waals surface area contributed by atoms with Crippen LogP contribution < -0.4 is 0 Å². The molecule has 0 bridgehead atoms. The molecule has 0 saturated carbocycles. The molecule has 1 aliphatic carbocycles. The monoisotopic (exact) mass is 398 g/mol. The maximum Gasteiger partial charge on any atom is 0.0730 e. The quantitative estimate of drug-likeness (QED) is 0.514. The van der Waals surface area contributed by atoms with Gasteiger partial charge in [0.1, 0.15) is 0 Å². The summed E-state index contributed by atoms with van der Waals surface area (Å²) in [6, 6.07) is 11.2. The summed E-state index contributed by atoms with van der Waals surface area (Å²) >= 11 is 9.45. The van der Waals surface area contributed by atoms with Gasteiger partial charge >= 0.3 is 0 Å². The average Bonchev–Trinajstić information content (AvgIpc) is 2.77. The highest BCUT2D eigenvalue weighted by Gasteiger charge is 2.28. The van der Waals surface area contributed by atoms with E-state index in [0.29, 0.717) is 10.7 Å². The van der Waals surface area contributed by atoms with E-state index in [4.69, 9.17) is 0 Å². The molecule has 1 heterocycles. The molecule has 100 valence electrons. The van der Waals surface area contributed by atoms with Crippen LogP contribution in [0.5, 0.6) is 0 Å². The second kappa shape index (κ2) is 5.71.